The van der Waals surface area contributed by atoms with Gasteiger partial charge in [-0.3, -0.25) is 4.79 Å². The molecule has 0 unspecified atom stereocenters. The molecule has 6 nitrogen and oxygen atoms in total. The van der Waals surface area contributed by atoms with Crippen LogP contribution in [0.2, 0.25) is 0 Å². The first-order valence-electron chi connectivity index (χ1n) is 7.97. The summed E-state index contributed by atoms with van der Waals surface area (Å²) >= 11 is 0. The Bertz CT molecular complexity index is 1060. The number of phenolic OH excluding ortho intramolecular Hbond substituents is 3. The Morgan fingerprint density at radius 3 is 2.62 bits per heavy atom. The smallest absolute Gasteiger partial charge is 0.204 e. The Kier molecular flexibility index (Phi) is 4.69. The van der Waals surface area contributed by atoms with Gasteiger partial charge in [-0.1, -0.05) is 17.7 Å². The third kappa shape index (κ3) is 3.27. The number of benzene rings is 2. The summed E-state index contributed by atoms with van der Waals surface area (Å²) in [4.78, 5) is 12.8. The van der Waals surface area contributed by atoms with Crippen molar-refractivity contribution in [3.63, 3.8) is 0 Å². The van der Waals surface area contributed by atoms with Crippen molar-refractivity contribution in [1.29, 1.82) is 0 Å². The predicted molar refractivity (Wildman–Crippen MR) is 97.5 cm³/mol. The first-order chi connectivity index (χ1) is 12.4. The van der Waals surface area contributed by atoms with Gasteiger partial charge in [-0.25, -0.2) is 0 Å². The van der Waals surface area contributed by atoms with Crippen molar-refractivity contribution < 1.29 is 24.8 Å². The Labute approximate surface area is 148 Å². The molecule has 0 aliphatic heterocycles. The number of allylic oxidation sites excluding steroid dienone is 1. The van der Waals surface area contributed by atoms with Crippen molar-refractivity contribution in [1.82, 2.24) is 0 Å². The van der Waals surface area contributed by atoms with Gasteiger partial charge in [0.1, 0.15) is 34.5 Å². The third-order valence-electron chi connectivity index (χ3n) is 4.15. The Hall–Kier alpha value is -3.25. The summed E-state index contributed by atoms with van der Waals surface area (Å²) in [7, 11) is 0. The molecule has 6 heteroatoms. The summed E-state index contributed by atoms with van der Waals surface area (Å²) in [5.74, 6) is -0.492. The Balaban J connectivity index is 2.12. The normalized spacial score (nSPS) is 11.8. The third-order valence-corrected chi connectivity index (χ3v) is 4.15. The van der Waals surface area contributed by atoms with Crippen LogP contribution >= 0.6 is 0 Å². The molecule has 0 atom stereocenters. The van der Waals surface area contributed by atoms with E-state index in [4.69, 9.17) is 9.52 Å². The Morgan fingerprint density at radius 2 is 1.88 bits per heavy atom. The van der Waals surface area contributed by atoms with E-state index in [0.29, 0.717) is 17.5 Å². The Morgan fingerprint density at radius 1 is 1.12 bits per heavy atom. The molecule has 0 bridgehead atoms. The van der Waals surface area contributed by atoms with Gasteiger partial charge in [0.25, 0.3) is 0 Å². The van der Waals surface area contributed by atoms with Crippen molar-refractivity contribution in [2.24, 2.45) is 0 Å². The highest BCUT2D eigenvalue weighted by atomic mass is 16.3. The van der Waals surface area contributed by atoms with E-state index in [1.807, 2.05) is 0 Å². The first kappa shape index (κ1) is 17.6. The van der Waals surface area contributed by atoms with Gasteiger partial charge in [0.2, 0.25) is 5.43 Å². The van der Waals surface area contributed by atoms with Gasteiger partial charge in [0.15, 0.2) is 0 Å². The summed E-state index contributed by atoms with van der Waals surface area (Å²) in [5.41, 5.74) is 1.74. The van der Waals surface area contributed by atoms with Crippen LogP contribution < -0.4 is 5.43 Å². The van der Waals surface area contributed by atoms with Gasteiger partial charge in [-0.05, 0) is 36.6 Å². The lowest BCUT2D eigenvalue weighted by molar-refractivity contribution is 0.331. The first-order valence-corrected chi connectivity index (χ1v) is 7.97. The van der Waals surface area contributed by atoms with Crippen LogP contribution in [0, 0.1) is 0 Å². The molecule has 0 amide bonds. The second kappa shape index (κ2) is 6.93. The van der Waals surface area contributed by atoms with Crippen molar-refractivity contribution >= 4 is 11.0 Å². The number of aliphatic hydroxyl groups excluding tert-OH is 1. The van der Waals surface area contributed by atoms with Gasteiger partial charge in [-0.15, -0.1) is 0 Å². The summed E-state index contributed by atoms with van der Waals surface area (Å²) in [6.07, 6.45) is 3.44. The van der Waals surface area contributed by atoms with Gasteiger partial charge < -0.3 is 24.8 Å². The number of hydrogen-bond acceptors (Lipinski definition) is 6. The maximum atomic E-state index is 12.8. The number of fused-ring (bicyclic) bond motifs is 1. The predicted octanol–water partition coefficient (Wildman–Crippen LogP) is 3.06. The van der Waals surface area contributed by atoms with Crippen LogP contribution in [-0.4, -0.2) is 27.0 Å². The second-order valence-corrected chi connectivity index (χ2v) is 6.07. The highest BCUT2D eigenvalue weighted by Gasteiger charge is 2.15. The largest absolute Gasteiger partial charge is 0.508 e. The second-order valence-electron chi connectivity index (χ2n) is 6.07. The van der Waals surface area contributed by atoms with Gasteiger partial charge in [0.05, 0.1) is 12.2 Å². The zero-order valence-corrected chi connectivity index (χ0v) is 14.1. The lowest BCUT2D eigenvalue weighted by Gasteiger charge is -2.08. The molecular weight excluding hydrogens is 336 g/mol. The minimum Gasteiger partial charge on any atom is -0.508 e. The molecule has 26 heavy (non-hydrogen) atoms. The molecule has 0 saturated heterocycles. The van der Waals surface area contributed by atoms with Crippen molar-refractivity contribution in [3.8, 4) is 28.4 Å². The molecule has 0 fully saturated rings. The van der Waals surface area contributed by atoms with Gasteiger partial charge >= 0.3 is 0 Å². The molecule has 134 valence electrons. The van der Waals surface area contributed by atoms with E-state index in [2.05, 4.69) is 0 Å². The highest BCUT2D eigenvalue weighted by Crippen LogP contribution is 2.31. The molecule has 0 aliphatic rings. The highest BCUT2D eigenvalue weighted by molar-refractivity contribution is 5.88. The average molecular weight is 354 g/mol. The maximum absolute atomic E-state index is 12.8. The van der Waals surface area contributed by atoms with Gasteiger partial charge in [-0.2, -0.15) is 0 Å². The van der Waals surface area contributed by atoms with Crippen molar-refractivity contribution in [2.75, 3.05) is 6.61 Å². The fourth-order valence-electron chi connectivity index (χ4n) is 2.68. The van der Waals surface area contributed by atoms with E-state index < -0.39 is 5.43 Å². The van der Waals surface area contributed by atoms with Crippen LogP contribution in [0.3, 0.4) is 0 Å². The molecule has 3 rings (SSSR count). The van der Waals surface area contributed by atoms with E-state index in [0.717, 1.165) is 11.6 Å². The van der Waals surface area contributed by atoms with Crippen molar-refractivity contribution in [3.05, 3.63) is 64.0 Å². The van der Waals surface area contributed by atoms with Crippen LogP contribution in [0.5, 0.6) is 17.2 Å². The van der Waals surface area contributed by atoms with Crippen LogP contribution in [0.15, 0.2) is 57.5 Å². The monoisotopic (exact) mass is 354 g/mol. The van der Waals surface area contributed by atoms with Crippen LogP contribution in [0.1, 0.15) is 12.5 Å². The molecule has 1 heterocycles. The maximum Gasteiger partial charge on any atom is 0.204 e. The summed E-state index contributed by atoms with van der Waals surface area (Å²) in [6, 6.07) is 7.05. The molecule has 4 N–H and O–H groups in total. The fourth-order valence-corrected chi connectivity index (χ4v) is 2.68. The molecule has 0 saturated carbocycles. The molecule has 1 aromatic heterocycles. The van der Waals surface area contributed by atoms with E-state index in [1.54, 1.807) is 25.1 Å². The molecule has 2 aromatic carbocycles. The zero-order valence-electron chi connectivity index (χ0n) is 14.1. The van der Waals surface area contributed by atoms with Crippen molar-refractivity contribution in [2.45, 2.75) is 13.3 Å². The molecule has 3 aromatic rings. The summed E-state index contributed by atoms with van der Waals surface area (Å²) < 4.78 is 5.40. The quantitative estimate of drug-likeness (QED) is 0.536. The van der Waals surface area contributed by atoms with E-state index in [-0.39, 0.29) is 40.4 Å². The average Bonchev–Trinajstić information content (AvgIpc) is 2.60. The van der Waals surface area contributed by atoms with E-state index in [9.17, 15) is 20.1 Å². The number of phenols is 3. The van der Waals surface area contributed by atoms with E-state index in [1.165, 1.54) is 18.4 Å². The topological polar surface area (TPSA) is 111 Å². The van der Waals surface area contributed by atoms with Gasteiger partial charge in [0, 0.05) is 12.1 Å². The number of aromatic hydroxyl groups is 3. The SMILES string of the molecule is C/C(=C\Cc1cc(-c2coc3cc(O)cc(O)c3c2=O)ccc1O)CO. The minimum atomic E-state index is -0.442. The number of rotatable bonds is 4. The minimum absolute atomic E-state index is 0.0223. The van der Waals surface area contributed by atoms with Crippen LogP contribution in [-0.2, 0) is 6.42 Å². The lowest BCUT2D eigenvalue weighted by atomic mass is 10.00. The molecule has 0 radical (unpaired) electrons. The molecular formula is C20H18O6. The zero-order chi connectivity index (χ0) is 18.8. The molecule has 0 spiro atoms. The van der Waals surface area contributed by atoms with Crippen LogP contribution in [0.4, 0.5) is 0 Å². The number of aliphatic hydroxyl groups is 1. The summed E-state index contributed by atoms with van der Waals surface area (Å²) in [5, 5.41) is 38.6. The van der Waals surface area contributed by atoms with Crippen LogP contribution in [0.25, 0.3) is 22.1 Å². The fraction of sp³-hybridized carbons (Fsp3) is 0.150. The molecule has 0 aliphatic carbocycles. The lowest BCUT2D eigenvalue weighted by Crippen LogP contribution is -2.05. The summed E-state index contributed by atoms with van der Waals surface area (Å²) in [6.45, 7) is 1.71. The number of hydrogen-bond donors (Lipinski definition) is 4. The van der Waals surface area contributed by atoms with E-state index >= 15 is 0 Å². The standard InChI is InChI=1S/C20H18O6/c1-11(9-21)2-3-13-6-12(4-5-16(13)23)15-10-26-18-8-14(22)7-17(24)19(18)20(15)25/h2,4-8,10,21-24H,3,9H2,1H3/b11-2+.